The third-order valence-electron chi connectivity index (χ3n) is 3.05. The molecule has 0 aromatic heterocycles. The number of allylic oxidation sites excluding steroid dienone is 3. The molecule has 0 aromatic rings. The molecule has 0 saturated heterocycles. The summed E-state index contributed by atoms with van der Waals surface area (Å²) in [5.74, 6) is 0.352. The number of carbonyl (C=O) groups is 1. The molecule has 0 aliphatic heterocycles. The first-order chi connectivity index (χ1) is 8.01. The van der Waals surface area contributed by atoms with Gasteiger partial charge in [0.15, 0.2) is 0 Å². The van der Waals surface area contributed by atoms with Crippen molar-refractivity contribution in [3.63, 3.8) is 0 Å². The molecular weight excluding hydrogens is 212 g/mol. The standard InChI is InChI=1S/C15H26O2/c1-6-12(3)8-9-13(4)14(5)10-11-15(16)17-7-2/h8,10,13H,6-7,9,11H2,1-5H3. The maximum Gasteiger partial charge on any atom is 0.309 e. The van der Waals surface area contributed by atoms with Crippen LogP contribution in [-0.4, -0.2) is 12.6 Å². The summed E-state index contributed by atoms with van der Waals surface area (Å²) < 4.78 is 4.89. The lowest BCUT2D eigenvalue weighted by Gasteiger charge is -2.10. The van der Waals surface area contributed by atoms with Crippen molar-refractivity contribution in [2.75, 3.05) is 6.61 Å². The zero-order chi connectivity index (χ0) is 13.3. The molecule has 0 rings (SSSR count). The van der Waals surface area contributed by atoms with Gasteiger partial charge in [0.2, 0.25) is 0 Å². The molecule has 0 saturated carbocycles. The lowest BCUT2D eigenvalue weighted by Crippen LogP contribution is -2.03. The van der Waals surface area contributed by atoms with Gasteiger partial charge in [0.25, 0.3) is 0 Å². The van der Waals surface area contributed by atoms with Crippen LogP contribution in [0.25, 0.3) is 0 Å². The van der Waals surface area contributed by atoms with E-state index < -0.39 is 0 Å². The quantitative estimate of drug-likeness (QED) is 0.489. The highest BCUT2D eigenvalue weighted by Crippen LogP contribution is 2.17. The Balaban J connectivity index is 4.15. The summed E-state index contributed by atoms with van der Waals surface area (Å²) >= 11 is 0. The lowest BCUT2D eigenvalue weighted by atomic mass is 9.96. The van der Waals surface area contributed by atoms with E-state index in [2.05, 4.69) is 33.8 Å². The lowest BCUT2D eigenvalue weighted by molar-refractivity contribution is -0.142. The van der Waals surface area contributed by atoms with Gasteiger partial charge in [-0.3, -0.25) is 4.79 Å². The van der Waals surface area contributed by atoms with Crippen LogP contribution in [-0.2, 0) is 9.53 Å². The predicted octanol–water partition coefficient (Wildman–Crippen LogP) is 4.27. The Morgan fingerprint density at radius 2 is 1.88 bits per heavy atom. The molecule has 98 valence electrons. The van der Waals surface area contributed by atoms with Crippen molar-refractivity contribution < 1.29 is 9.53 Å². The van der Waals surface area contributed by atoms with E-state index in [0.717, 1.165) is 12.8 Å². The number of hydrogen-bond donors (Lipinski definition) is 0. The number of esters is 1. The van der Waals surface area contributed by atoms with Crippen LogP contribution in [0.1, 0.15) is 53.9 Å². The van der Waals surface area contributed by atoms with Crippen molar-refractivity contribution in [3.8, 4) is 0 Å². The van der Waals surface area contributed by atoms with Crippen LogP contribution in [0.5, 0.6) is 0 Å². The van der Waals surface area contributed by atoms with Gasteiger partial charge in [-0.1, -0.05) is 37.1 Å². The first-order valence-corrected chi connectivity index (χ1v) is 6.49. The van der Waals surface area contributed by atoms with Crippen molar-refractivity contribution in [2.45, 2.75) is 53.9 Å². The summed E-state index contributed by atoms with van der Waals surface area (Å²) in [4.78, 5) is 11.2. The molecule has 0 radical (unpaired) electrons. The molecule has 0 aromatic carbocycles. The first kappa shape index (κ1) is 16.0. The fraction of sp³-hybridized carbons (Fsp3) is 0.667. The van der Waals surface area contributed by atoms with E-state index in [9.17, 15) is 4.79 Å². The van der Waals surface area contributed by atoms with Crippen LogP contribution in [0.3, 0.4) is 0 Å². The van der Waals surface area contributed by atoms with Gasteiger partial charge >= 0.3 is 5.97 Å². The zero-order valence-electron chi connectivity index (χ0n) is 11.9. The monoisotopic (exact) mass is 238 g/mol. The second-order valence-corrected chi connectivity index (χ2v) is 4.50. The fourth-order valence-corrected chi connectivity index (χ4v) is 1.37. The van der Waals surface area contributed by atoms with Crippen LogP contribution in [0, 0.1) is 5.92 Å². The average molecular weight is 238 g/mol. The molecule has 2 heteroatoms. The third-order valence-corrected chi connectivity index (χ3v) is 3.05. The second-order valence-electron chi connectivity index (χ2n) is 4.50. The summed E-state index contributed by atoms with van der Waals surface area (Å²) in [6, 6.07) is 0. The van der Waals surface area contributed by atoms with Gasteiger partial charge in [-0.2, -0.15) is 0 Å². The maximum absolute atomic E-state index is 11.2. The topological polar surface area (TPSA) is 26.3 Å². The number of rotatable bonds is 7. The largest absolute Gasteiger partial charge is 0.466 e. The van der Waals surface area contributed by atoms with Gasteiger partial charge in [-0.25, -0.2) is 0 Å². The van der Waals surface area contributed by atoms with E-state index in [4.69, 9.17) is 4.74 Å². The smallest absolute Gasteiger partial charge is 0.309 e. The van der Waals surface area contributed by atoms with Gasteiger partial charge in [-0.15, -0.1) is 0 Å². The summed E-state index contributed by atoms with van der Waals surface area (Å²) in [6.45, 7) is 10.9. The molecule has 0 fully saturated rings. The van der Waals surface area contributed by atoms with E-state index in [0.29, 0.717) is 18.9 Å². The van der Waals surface area contributed by atoms with Gasteiger partial charge in [-0.05, 0) is 39.5 Å². The van der Waals surface area contributed by atoms with Crippen molar-refractivity contribution in [2.24, 2.45) is 5.92 Å². The third kappa shape index (κ3) is 7.78. The van der Waals surface area contributed by atoms with Gasteiger partial charge in [0, 0.05) is 0 Å². The Morgan fingerprint density at radius 1 is 1.24 bits per heavy atom. The van der Waals surface area contributed by atoms with Crippen molar-refractivity contribution in [1.82, 2.24) is 0 Å². The molecule has 0 aliphatic carbocycles. The minimum Gasteiger partial charge on any atom is -0.466 e. The Hall–Kier alpha value is -1.05. The van der Waals surface area contributed by atoms with E-state index in [1.54, 1.807) is 0 Å². The highest BCUT2D eigenvalue weighted by atomic mass is 16.5. The molecule has 1 atom stereocenters. The fourth-order valence-electron chi connectivity index (χ4n) is 1.37. The average Bonchev–Trinajstić information content (AvgIpc) is 2.32. The summed E-state index contributed by atoms with van der Waals surface area (Å²) in [6.07, 6.45) is 6.81. The van der Waals surface area contributed by atoms with E-state index >= 15 is 0 Å². The number of ether oxygens (including phenoxy) is 1. The second kappa shape index (κ2) is 9.03. The Labute approximate surface area is 106 Å². The molecule has 0 spiro atoms. The number of hydrogen-bond acceptors (Lipinski definition) is 2. The highest BCUT2D eigenvalue weighted by Gasteiger charge is 2.04. The molecule has 0 bridgehead atoms. The van der Waals surface area contributed by atoms with Gasteiger partial charge in [0.1, 0.15) is 0 Å². The molecule has 1 unspecified atom stereocenters. The van der Waals surface area contributed by atoms with Crippen LogP contribution >= 0.6 is 0 Å². The molecule has 0 aliphatic rings. The Kier molecular flexibility index (Phi) is 8.47. The van der Waals surface area contributed by atoms with Gasteiger partial charge < -0.3 is 4.74 Å². The van der Waals surface area contributed by atoms with Crippen LogP contribution in [0.4, 0.5) is 0 Å². The summed E-state index contributed by atoms with van der Waals surface area (Å²) in [5.41, 5.74) is 2.69. The van der Waals surface area contributed by atoms with Crippen molar-refractivity contribution >= 4 is 5.97 Å². The van der Waals surface area contributed by atoms with Crippen molar-refractivity contribution in [3.05, 3.63) is 23.3 Å². The zero-order valence-corrected chi connectivity index (χ0v) is 11.9. The van der Waals surface area contributed by atoms with E-state index in [-0.39, 0.29) is 5.97 Å². The molecular formula is C15H26O2. The summed E-state index contributed by atoms with van der Waals surface area (Å²) in [7, 11) is 0. The van der Waals surface area contributed by atoms with Crippen LogP contribution in [0.2, 0.25) is 0 Å². The first-order valence-electron chi connectivity index (χ1n) is 6.49. The summed E-state index contributed by atoms with van der Waals surface area (Å²) in [5, 5.41) is 0. The number of carbonyl (C=O) groups excluding carboxylic acids is 1. The molecule has 2 nitrogen and oxygen atoms in total. The predicted molar refractivity (Wildman–Crippen MR) is 72.8 cm³/mol. The van der Waals surface area contributed by atoms with Crippen LogP contribution < -0.4 is 0 Å². The van der Waals surface area contributed by atoms with Crippen LogP contribution in [0.15, 0.2) is 23.3 Å². The molecule has 0 amide bonds. The van der Waals surface area contributed by atoms with E-state index in [1.165, 1.54) is 11.1 Å². The SMILES string of the molecule is CCOC(=O)CC=C(C)C(C)CC=C(C)CC. The maximum atomic E-state index is 11.2. The normalized spacial score (nSPS) is 14.6. The molecule has 0 heterocycles. The minimum absolute atomic E-state index is 0.140. The van der Waals surface area contributed by atoms with Crippen molar-refractivity contribution in [1.29, 1.82) is 0 Å². The highest BCUT2D eigenvalue weighted by molar-refractivity contribution is 5.71. The van der Waals surface area contributed by atoms with E-state index in [1.807, 2.05) is 13.0 Å². The molecule has 17 heavy (non-hydrogen) atoms. The van der Waals surface area contributed by atoms with Gasteiger partial charge in [0.05, 0.1) is 13.0 Å². The Bertz CT molecular complexity index is 287. The molecule has 0 N–H and O–H groups in total. The Morgan fingerprint density at radius 3 is 2.41 bits per heavy atom. The minimum atomic E-state index is -0.140.